The molecular formula is C70H124N16O17S2. The van der Waals surface area contributed by atoms with Gasteiger partial charge in [-0.2, -0.15) is 23.5 Å². The Balaban J connectivity index is -0.00000160. The maximum atomic E-state index is 13.3. The molecule has 1 aromatic carbocycles. The van der Waals surface area contributed by atoms with Gasteiger partial charge in [0.1, 0.15) is 30.8 Å². The third-order valence-electron chi connectivity index (χ3n) is 16.0. The molecule has 2 aliphatic heterocycles. The van der Waals surface area contributed by atoms with Crippen LogP contribution < -0.4 is 75.7 Å². The van der Waals surface area contributed by atoms with Gasteiger partial charge >= 0.3 is 18.1 Å². The first-order valence-corrected chi connectivity index (χ1v) is 36.7. The van der Waals surface area contributed by atoms with Crippen LogP contribution in [0.4, 0.5) is 20.1 Å². The zero-order valence-electron chi connectivity index (χ0n) is 63.2. The number of nitrogens with zero attached hydrogens (tertiary/aromatic N) is 2. The molecular weight excluding hydrogens is 1400 g/mol. The first-order valence-electron chi connectivity index (χ1n) is 36.1. The summed E-state index contributed by atoms with van der Waals surface area (Å²) in [6, 6.07) is -0.479. The summed E-state index contributed by atoms with van der Waals surface area (Å²) >= 11 is 2.73. The third-order valence-corrected chi connectivity index (χ3v) is 17.9. The van der Waals surface area contributed by atoms with E-state index in [1.165, 1.54) is 33.3 Å². The summed E-state index contributed by atoms with van der Waals surface area (Å²) < 4.78 is 25.8. The molecule has 35 heteroatoms. The largest absolute Gasteiger partial charge is 0.463 e. The van der Waals surface area contributed by atoms with Crippen molar-refractivity contribution in [3.05, 3.63) is 29.8 Å². The average Bonchev–Trinajstić information content (AvgIpc) is 1.68. The molecule has 105 heavy (non-hydrogen) atoms. The fourth-order valence-electron chi connectivity index (χ4n) is 10.4. The number of unbranched alkanes of at least 4 members (excludes halogenated alkanes) is 4. The number of amides is 17. The minimum atomic E-state index is -1.16. The lowest BCUT2D eigenvalue weighted by Crippen LogP contribution is -2.55. The molecule has 2 fully saturated rings. The minimum absolute atomic E-state index is 0. The highest BCUT2D eigenvalue weighted by molar-refractivity contribution is 8.00. The van der Waals surface area contributed by atoms with Gasteiger partial charge in [0, 0.05) is 73.9 Å². The number of ether oxygens (including phenoxy) is 1. The minimum Gasteiger partial charge on any atom is -0.463 e. The van der Waals surface area contributed by atoms with Crippen molar-refractivity contribution in [2.75, 3.05) is 64.1 Å². The molecule has 17 amide bonds. The Morgan fingerprint density at radius 2 is 0.943 bits per heavy atom. The number of benzene rings is 1. The Bertz CT molecular complexity index is 3040. The van der Waals surface area contributed by atoms with Crippen molar-refractivity contribution in [2.24, 2.45) is 35.0 Å². The smallest absolute Gasteiger partial charge is 0.312 e. The van der Waals surface area contributed by atoms with Crippen LogP contribution in [0.5, 0.6) is 0 Å². The van der Waals surface area contributed by atoms with Gasteiger partial charge < -0.3 is 80.4 Å². The number of primary amides is 3. The van der Waals surface area contributed by atoms with Crippen molar-refractivity contribution in [1.82, 2.24) is 63.0 Å². The topological polar surface area (TPSA) is 499 Å². The van der Waals surface area contributed by atoms with Gasteiger partial charge in [0.15, 0.2) is 7.15 Å². The van der Waals surface area contributed by atoms with E-state index in [4.69, 9.17) is 21.3 Å². The highest BCUT2D eigenvalue weighted by atomic mass is 32.2. The van der Waals surface area contributed by atoms with E-state index in [9.17, 15) is 76.7 Å². The van der Waals surface area contributed by atoms with E-state index in [1.807, 2.05) is 20.8 Å². The summed E-state index contributed by atoms with van der Waals surface area (Å²) in [6.45, 7) is 14.4. The van der Waals surface area contributed by atoms with E-state index in [0.29, 0.717) is 102 Å². The summed E-state index contributed by atoms with van der Waals surface area (Å²) in [5.41, 5.74) is 16.1. The summed E-state index contributed by atoms with van der Waals surface area (Å²) in [4.78, 5) is 195. The van der Waals surface area contributed by atoms with Crippen molar-refractivity contribution in [3.63, 3.8) is 0 Å². The Morgan fingerprint density at radius 3 is 1.30 bits per heavy atom. The van der Waals surface area contributed by atoms with Crippen LogP contribution in [0.1, 0.15) is 190 Å². The first-order chi connectivity index (χ1) is 49.7. The third kappa shape index (κ3) is 40.5. The van der Waals surface area contributed by atoms with E-state index in [-0.39, 0.29) is 176 Å². The molecule has 0 spiro atoms. The van der Waals surface area contributed by atoms with E-state index in [0.717, 1.165) is 0 Å². The number of carbonyl (C=O) groups is 16. The molecule has 2 aliphatic rings. The predicted molar refractivity (Wildman–Crippen MR) is 407 cm³/mol. The molecule has 17 N–H and O–H groups in total. The van der Waals surface area contributed by atoms with Gasteiger partial charge in [0.2, 0.25) is 65.0 Å². The van der Waals surface area contributed by atoms with Gasteiger partial charge in [0.05, 0.1) is 22.6 Å². The zero-order valence-corrected chi connectivity index (χ0v) is 61.9. The van der Waals surface area contributed by atoms with Crippen LogP contribution in [0.3, 0.4) is 0 Å². The van der Waals surface area contributed by atoms with Crippen molar-refractivity contribution in [1.29, 1.82) is 0 Å². The van der Waals surface area contributed by atoms with Crippen LogP contribution >= 0.6 is 23.5 Å². The molecule has 1 aromatic rings. The molecule has 2 heterocycles. The SMILES string of the molecule is C.C.C.[2H]C(=O)OCc1ccc(NC(=O)[C@H](CCCNC(N)=O)NC(=O)[C@@H](NC(=O)CCCCCN2C(=O)CC(SC)C2=O)C(C)C)cc1.[2H]CC(=O)[C@H](CCCNC(N)=O)NC(=O)[C@@H](NCC)C(C)C.[2H]CNC(=O)[C@H](CCCNC(N)=O)NC(=O)[C@@H](NC(=O)CCCCCN1C(=O)CC(SC)C1=O)C(C)C. The average molecular weight is 1530 g/mol. The lowest BCUT2D eigenvalue weighted by Gasteiger charge is -2.25. The monoisotopic (exact) mass is 1530 g/mol. The number of imide groups is 2. The Labute approximate surface area is 633 Å². The molecule has 8 atom stereocenters. The van der Waals surface area contributed by atoms with Crippen molar-refractivity contribution in [2.45, 2.75) is 234 Å². The number of rotatable bonds is 45. The molecule has 0 aromatic heterocycles. The van der Waals surface area contributed by atoms with Crippen molar-refractivity contribution in [3.8, 4) is 0 Å². The molecule has 598 valence electrons. The fourth-order valence-corrected chi connectivity index (χ4v) is 11.6. The quantitative estimate of drug-likeness (QED) is 0.0253. The number of carbonyl (C=O) groups excluding carboxylic acids is 16. The molecule has 2 saturated heterocycles. The zero-order chi connectivity index (χ0) is 79.3. The van der Waals surface area contributed by atoms with Crippen LogP contribution in [0.15, 0.2) is 24.3 Å². The molecule has 33 nitrogen and oxygen atoms in total. The highest BCUT2D eigenvalue weighted by Gasteiger charge is 2.39. The van der Waals surface area contributed by atoms with Crippen LogP contribution in [0, 0.1) is 17.8 Å². The van der Waals surface area contributed by atoms with Crippen LogP contribution in [0.2, 0.25) is 0 Å². The number of nitrogens with one attached hydrogen (secondary N) is 11. The summed E-state index contributed by atoms with van der Waals surface area (Å²) in [5, 5.41) is 28.3. The van der Waals surface area contributed by atoms with Crippen LogP contribution in [-0.2, 0) is 73.7 Å². The number of Topliss-reactive ketones (excluding diaryl/α,β-unsaturated/α-hetero) is 1. The number of urea groups is 3. The van der Waals surface area contributed by atoms with E-state index >= 15 is 0 Å². The molecule has 3 rings (SSSR count). The molecule has 0 aliphatic carbocycles. The summed E-state index contributed by atoms with van der Waals surface area (Å²) in [6.07, 6.45) is 8.58. The second-order valence-electron chi connectivity index (χ2n) is 25.2. The normalized spacial score (nSPS) is 15.7. The van der Waals surface area contributed by atoms with Gasteiger partial charge in [-0.15, -0.1) is 0 Å². The number of hydrogen-bond donors (Lipinski definition) is 14. The Morgan fingerprint density at radius 1 is 0.552 bits per heavy atom. The molecule has 0 radical (unpaired) electrons. The standard InChI is InChI=1S/C30H44N6O8S.C23H40N6O6S.C14H28N4O3.3CH4/c1-19(2)26(35-24(38)9-5-4-6-15-36-25(39)16-23(45-3)29(36)42)28(41)34-22(8-7-14-32-30(31)43)27(40)33-21-12-10-20(11-13-21)17-44-18-37;1-14(2)19(21(33)27-15(20(32)25-3)9-8-11-26-23(24)35)28-17(30)10-6-5-7-12-29-18(31)13-16(36-4)22(29)34;1-5-16-12(9(2)3)13(20)18-11(10(4)19)7-6-8-17-14(15)21;;;/h10-13,18-19,22-23,26H,4-9,14-17H2,1-3H3,(H,33,40)(H,34,41)(H,35,38)(H3,31,32,43);14-16,19H,5-13H2,1-4H3,(H,25,32)(H,27,33)(H,28,30)(H3,24,26,35);9,11-12,16H,5-8H2,1-4H3,(H,18,20)(H3,15,17,21);3*1H4/t22-,23?,26-;15-,16?,19-;11-,12-;;;/m000.../s1/i18D;3D;4D;;;. The van der Waals surface area contributed by atoms with Gasteiger partial charge in [-0.3, -0.25) is 72.1 Å². The van der Waals surface area contributed by atoms with Gasteiger partial charge in [-0.05, 0) is 126 Å². The highest BCUT2D eigenvalue weighted by Crippen LogP contribution is 2.25. The first kappa shape index (κ1) is 94.4. The van der Waals surface area contributed by atoms with Crippen molar-refractivity contribution < 1.29 is 85.6 Å². The van der Waals surface area contributed by atoms with E-state index < -0.39 is 78.4 Å². The molecule has 2 unspecified atom stereocenters. The van der Waals surface area contributed by atoms with Gasteiger partial charge in [-0.25, -0.2) is 14.4 Å². The Kier molecular flexibility index (Phi) is 50.2. The van der Waals surface area contributed by atoms with E-state index in [2.05, 4.69) is 63.2 Å². The number of likely N-dealkylation sites (tertiary alicyclic amines) is 2. The number of ketones is 1. The second-order valence-corrected chi connectivity index (χ2v) is 27.2. The lowest BCUT2D eigenvalue weighted by atomic mass is 10.0. The van der Waals surface area contributed by atoms with E-state index in [1.54, 1.807) is 64.5 Å². The summed E-state index contributed by atoms with van der Waals surface area (Å²) in [5.74, 6) is -4.49. The Hall–Kier alpha value is -8.60. The number of nitrogens with two attached hydrogens (primary N) is 3. The molecule has 0 bridgehead atoms. The van der Waals surface area contributed by atoms with Gasteiger partial charge in [0.25, 0.3) is 6.45 Å². The maximum Gasteiger partial charge on any atom is 0.312 e. The maximum absolute atomic E-state index is 13.3. The van der Waals surface area contributed by atoms with Crippen LogP contribution in [0.25, 0.3) is 0 Å². The number of thioether (sulfide) groups is 2. The van der Waals surface area contributed by atoms with Gasteiger partial charge in [-0.1, -0.05) is 95.7 Å². The van der Waals surface area contributed by atoms with Crippen LogP contribution in [-0.4, -0.2) is 211 Å². The molecule has 0 saturated carbocycles. The number of likely N-dealkylation sites (N-methyl/N-ethyl adjacent to an activating group) is 2. The van der Waals surface area contributed by atoms with Crippen molar-refractivity contribution >= 4 is 125 Å². The number of hydrogen-bond acceptors (Lipinski definition) is 20. The second kappa shape index (κ2) is 55.8. The summed E-state index contributed by atoms with van der Waals surface area (Å²) in [7, 11) is -0.354. The number of anilines is 1. The lowest BCUT2D eigenvalue weighted by molar-refractivity contribution is -0.139. The fraction of sp³-hybridized carbons (Fsp3) is 0.686. The predicted octanol–water partition coefficient (Wildman–Crippen LogP) is 3.33.